The molecule has 1 unspecified atom stereocenters. The van der Waals surface area contributed by atoms with E-state index >= 15 is 0 Å². The van der Waals surface area contributed by atoms with Gasteiger partial charge in [-0.05, 0) is 24.7 Å². The third kappa shape index (κ3) is 3.63. The lowest BCUT2D eigenvalue weighted by Gasteiger charge is -2.36. The van der Waals surface area contributed by atoms with Crippen LogP contribution in [0.3, 0.4) is 0 Å². The van der Waals surface area contributed by atoms with Gasteiger partial charge in [-0.3, -0.25) is 4.79 Å². The van der Waals surface area contributed by atoms with E-state index in [9.17, 15) is 4.79 Å². The molecule has 1 saturated carbocycles. The molecule has 8 heteroatoms. The van der Waals surface area contributed by atoms with Crippen molar-refractivity contribution in [3.05, 3.63) is 35.9 Å². The second-order valence-electron chi connectivity index (χ2n) is 8.06. The van der Waals surface area contributed by atoms with Crippen molar-refractivity contribution in [3.63, 3.8) is 0 Å². The average Bonchev–Trinajstić information content (AvgIpc) is 3.25. The fourth-order valence-electron chi connectivity index (χ4n) is 4.84. The number of nitrogens with zero attached hydrogens (tertiary/aromatic N) is 3. The van der Waals surface area contributed by atoms with Crippen molar-refractivity contribution in [1.29, 1.82) is 0 Å². The Morgan fingerprint density at radius 1 is 1.07 bits per heavy atom. The van der Waals surface area contributed by atoms with Crippen LogP contribution in [0.1, 0.15) is 23.2 Å². The van der Waals surface area contributed by atoms with E-state index < -0.39 is 0 Å². The number of amides is 1. The zero-order valence-electron chi connectivity index (χ0n) is 16.3. The van der Waals surface area contributed by atoms with Gasteiger partial charge in [0.15, 0.2) is 11.6 Å². The van der Waals surface area contributed by atoms with Gasteiger partial charge >= 0.3 is 0 Å². The second kappa shape index (κ2) is 8.34. The molecule has 1 amide bonds. The first-order valence-electron chi connectivity index (χ1n) is 10.1. The summed E-state index contributed by atoms with van der Waals surface area (Å²) < 4.78 is 11.2. The molecule has 3 heterocycles. The van der Waals surface area contributed by atoms with Crippen LogP contribution >= 0.6 is 12.4 Å². The number of aromatic nitrogens is 1. The van der Waals surface area contributed by atoms with Crippen LogP contribution in [0.15, 0.2) is 34.9 Å². The van der Waals surface area contributed by atoms with Crippen molar-refractivity contribution in [3.8, 4) is 11.3 Å². The molecule has 3 atom stereocenters. The number of hydrogen-bond acceptors (Lipinski definition) is 6. The molecule has 1 aliphatic carbocycles. The number of halogens is 1. The summed E-state index contributed by atoms with van der Waals surface area (Å²) in [4.78, 5) is 17.7. The highest BCUT2D eigenvalue weighted by atomic mass is 35.5. The molecular formula is C21H27ClN4O3. The summed E-state index contributed by atoms with van der Waals surface area (Å²) in [6.07, 6.45) is 2.22. The van der Waals surface area contributed by atoms with Crippen LogP contribution in [-0.2, 0) is 4.74 Å². The van der Waals surface area contributed by atoms with Crippen LogP contribution < -0.4 is 10.6 Å². The van der Waals surface area contributed by atoms with E-state index in [-0.39, 0.29) is 24.4 Å². The van der Waals surface area contributed by atoms with Crippen molar-refractivity contribution in [2.24, 2.45) is 17.6 Å². The largest absolute Gasteiger partial charge is 0.378 e. The fraction of sp³-hybridized carbons (Fsp3) is 0.524. The monoisotopic (exact) mass is 418 g/mol. The first-order valence-corrected chi connectivity index (χ1v) is 10.1. The third-order valence-corrected chi connectivity index (χ3v) is 6.43. The molecular weight excluding hydrogens is 392 g/mol. The number of ether oxygens (including phenoxy) is 1. The maximum atomic E-state index is 13.7. The van der Waals surface area contributed by atoms with Gasteiger partial charge < -0.3 is 24.8 Å². The lowest BCUT2D eigenvalue weighted by molar-refractivity contribution is 0.0637. The fourth-order valence-corrected chi connectivity index (χ4v) is 4.84. The highest BCUT2D eigenvalue weighted by Crippen LogP contribution is 2.38. The number of carbonyl (C=O) groups excluding carboxylic acids is 1. The number of morpholine rings is 1. The molecule has 2 saturated heterocycles. The van der Waals surface area contributed by atoms with Gasteiger partial charge in [0.2, 0.25) is 0 Å². The molecule has 5 rings (SSSR count). The predicted octanol–water partition coefficient (Wildman–Crippen LogP) is 2.41. The Labute approximate surface area is 176 Å². The van der Waals surface area contributed by atoms with Crippen LogP contribution in [0.25, 0.3) is 11.3 Å². The van der Waals surface area contributed by atoms with E-state index in [0.29, 0.717) is 55.3 Å². The van der Waals surface area contributed by atoms with Gasteiger partial charge in [0.1, 0.15) is 5.56 Å². The smallest absolute Gasteiger partial charge is 0.261 e. The standard InChI is InChI=1S/C21H26N4O3.ClH/c22-18-15-6-7-16(18)13-25(12-15)21(26)17-19(14-4-2-1-3-5-14)28-23-20(17)24-8-10-27-11-9-24;/h1-5,15-16,18H,6-13,22H2;1H/t15-,16+,18?;. The number of nitrogens with two attached hydrogens (primary N) is 1. The maximum absolute atomic E-state index is 13.7. The summed E-state index contributed by atoms with van der Waals surface area (Å²) in [5, 5.41) is 4.32. The van der Waals surface area contributed by atoms with Crippen molar-refractivity contribution in [2.75, 3.05) is 44.3 Å². The maximum Gasteiger partial charge on any atom is 0.261 e. The van der Waals surface area contributed by atoms with E-state index in [1.807, 2.05) is 35.2 Å². The number of rotatable bonds is 3. The molecule has 0 radical (unpaired) electrons. The summed E-state index contributed by atoms with van der Waals surface area (Å²) >= 11 is 0. The molecule has 1 aromatic heterocycles. The minimum atomic E-state index is 0. The van der Waals surface area contributed by atoms with Crippen LogP contribution in [0.4, 0.5) is 5.82 Å². The van der Waals surface area contributed by atoms with Gasteiger partial charge in [0, 0.05) is 37.8 Å². The number of piperidine rings is 1. The Kier molecular flexibility index (Phi) is 5.81. The number of benzene rings is 1. The number of carbonyl (C=O) groups is 1. The van der Waals surface area contributed by atoms with Crippen LogP contribution in [0.2, 0.25) is 0 Å². The predicted molar refractivity (Wildman–Crippen MR) is 112 cm³/mol. The van der Waals surface area contributed by atoms with E-state index in [2.05, 4.69) is 10.1 Å². The van der Waals surface area contributed by atoms with Gasteiger partial charge in [0.25, 0.3) is 5.91 Å². The zero-order valence-corrected chi connectivity index (χ0v) is 17.1. The Morgan fingerprint density at radius 2 is 1.72 bits per heavy atom. The number of anilines is 1. The van der Waals surface area contributed by atoms with Crippen molar-refractivity contribution >= 4 is 24.1 Å². The van der Waals surface area contributed by atoms with Gasteiger partial charge in [-0.15, -0.1) is 12.4 Å². The summed E-state index contributed by atoms with van der Waals surface area (Å²) in [5.41, 5.74) is 7.78. The van der Waals surface area contributed by atoms with Gasteiger partial charge in [-0.1, -0.05) is 35.5 Å². The Hall–Kier alpha value is -2.09. The van der Waals surface area contributed by atoms with Crippen molar-refractivity contribution in [1.82, 2.24) is 10.1 Å². The minimum Gasteiger partial charge on any atom is -0.378 e. The van der Waals surface area contributed by atoms with Crippen LogP contribution in [0.5, 0.6) is 0 Å². The number of hydrogen-bond donors (Lipinski definition) is 1. The molecule has 7 nitrogen and oxygen atoms in total. The Balaban J connectivity index is 0.00000205. The molecule has 0 spiro atoms. The van der Waals surface area contributed by atoms with Crippen molar-refractivity contribution < 1.29 is 14.1 Å². The first kappa shape index (κ1) is 20.2. The first-order chi connectivity index (χ1) is 13.7. The average molecular weight is 419 g/mol. The van der Waals surface area contributed by atoms with E-state index in [1.165, 1.54) is 0 Å². The summed E-state index contributed by atoms with van der Waals surface area (Å²) in [7, 11) is 0. The second-order valence-corrected chi connectivity index (χ2v) is 8.06. The summed E-state index contributed by atoms with van der Waals surface area (Å²) in [6.45, 7) is 4.11. The summed E-state index contributed by atoms with van der Waals surface area (Å²) in [5.74, 6) is 1.98. The van der Waals surface area contributed by atoms with Gasteiger partial charge in [-0.2, -0.15) is 0 Å². The highest BCUT2D eigenvalue weighted by molar-refractivity contribution is 6.04. The molecule has 1 aromatic carbocycles. The van der Waals surface area contributed by atoms with E-state index in [0.717, 1.165) is 31.5 Å². The zero-order chi connectivity index (χ0) is 19.1. The quantitative estimate of drug-likeness (QED) is 0.823. The molecule has 29 heavy (non-hydrogen) atoms. The highest BCUT2D eigenvalue weighted by Gasteiger charge is 2.43. The van der Waals surface area contributed by atoms with E-state index in [4.69, 9.17) is 15.0 Å². The summed E-state index contributed by atoms with van der Waals surface area (Å²) in [6, 6.07) is 9.97. The molecule has 2 N–H and O–H groups in total. The van der Waals surface area contributed by atoms with E-state index in [1.54, 1.807) is 0 Å². The molecule has 156 valence electrons. The third-order valence-electron chi connectivity index (χ3n) is 6.43. The molecule has 3 fully saturated rings. The van der Waals surface area contributed by atoms with Gasteiger partial charge in [-0.25, -0.2) is 0 Å². The normalized spacial score (nSPS) is 26.3. The van der Waals surface area contributed by atoms with Crippen molar-refractivity contribution in [2.45, 2.75) is 18.9 Å². The van der Waals surface area contributed by atoms with Crippen LogP contribution in [-0.4, -0.2) is 61.4 Å². The number of fused-ring (bicyclic) bond motifs is 2. The Morgan fingerprint density at radius 3 is 2.38 bits per heavy atom. The lowest BCUT2D eigenvalue weighted by Crippen LogP contribution is -2.51. The molecule has 2 aliphatic heterocycles. The molecule has 2 bridgehead atoms. The van der Waals surface area contributed by atoms with Crippen LogP contribution in [0, 0.1) is 11.8 Å². The minimum absolute atomic E-state index is 0. The SMILES string of the molecule is Cl.NC1[C@@H]2CC[C@H]1CN(C(=O)c1c(N3CCOCC3)noc1-c1ccccc1)C2. The van der Waals surface area contributed by atoms with Gasteiger partial charge in [0.05, 0.1) is 13.2 Å². The molecule has 3 aliphatic rings. The molecule has 2 aromatic rings. The topological polar surface area (TPSA) is 84.8 Å². The number of likely N-dealkylation sites (tertiary alicyclic amines) is 1. The Bertz CT molecular complexity index is 839. The lowest BCUT2D eigenvalue weighted by atomic mass is 9.92.